The van der Waals surface area contributed by atoms with Crippen LogP contribution in [-0.4, -0.2) is 43.4 Å². The van der Waals surface area contributed by atoms with Crippen LogP contribution in [0.15, 0.2) is 12.7 Å². The molecule has 16 heteroatoms. The average molecular weight is 408 g/mol. The molecule has 1 fully saturated rings. The molecule has 144 valence electrons. The van der Waals surface area contributed by atoms with Crippen LogP contribution in [0.1, 0.15) is 12.6 Å². The molecular formula is C10H12N5O9P2-3. The number of hydrogen-bond acceptors (Lipinski definition) is 13. The molecule has 1 saturated heterocycles. The Morgan fingerprint density at radius 1 is 1.35 bits per heavy atom. The van der Waals surface area contributed by atoms with Crippen molar-refractivity contribution in [3.05, 3.63) is 12.7 Å². The molecule has 0 radical (unpaired) electrons. The van der Waals surface area contributed by atoms with E-state index in [9.17, 15) is 28.9 Å². The number of phosphoric acid groups is 2. The van der Waals surface area contributed by atoms with Crippen LogP contribution in [0, 0.1) is 0 Å². The lowest BCUT2D eigenvalue weighted by Crippen LogP contribution is -2.28. The molecule has 0 saturated carbocycles. The number of aliphatic hydroxyl groups excluding tert-OH is 1. The molecule has 3 rings (SSSR count). The van der Waals surface area contributed by atoms with Gasteiger partial charge in [0.1, 0.15) is 24.2 Å². The van der Waals surface area contributed by atoms with Gasteiger partial charge in [0, 0.05) is 6.42 Å². The number of phosphoric ester groups is 1. The maximum Gasteiger partial charge on any atom is 0.271 e. The first-order chi connectivity index (χ1) is 12.1. The lowest BCUT2D eigenvalue weighted by Gasteiger charge is -2.35. The molecule has 0 bridgehead atoms. The summed E-state index contributed by atoms with van der Waals surface area (Å²) in [7, 11) is -11.2. The number of rotatable bonds is 6. The molecule has 2 aromatic heterocycles. The Bertz CT molecular complexity index is 900. The standard InChI is InChI=1S/C10H15N5O9P2/c11-9-8-10(13-3-12-9)15(4-14-8)7-1-5(16)6(23-7)2-22-26(20,21)24-25(17,18)19/h3-7,16H,1-2H2,(H,20,21)(H2,11,12,13)(H2,17,18,19)/p-3/t5-,6+,7+/m0/s1. The van der Waals surface area contributed by atoms with Gasteiger partial charge in [-0.15, -0.1) is 0 Å². The van der Waals surface area contributed by atoms with Crippen LogP contribution in [0.3, 0.4) is 0 Å². The Balaban J connectivity index is 1.69. The van der Waals surface area contributed by atoms with Gasteiger partial charge in [0.2, 0.25) is 0 Å². The van der Waals surface area contributed by atoms with Gasteiger partial charge in [-0.2, -0.15) is 0 Å². The number of imidazole rings is 1. The number of nitrogen functional groups attached to an aromatic ring is 1. The van der Waals surface area contributed by atoms with E-state index in [1.54, 1.807) is 0 Å². The monoisotopic (exact) mass is 408 g/mol. The van der Waals surface area contributed by atoms with E-state index in [4.69, 9.17) is 10.5 Å². The Hall–Kier alpha value is -1.47. The SMILES string of the molecule is Nc1ncnc2c1ncn2[C@H]1C[C@H](O)[C@@H](COP(=O)([O-])OP(=O)([O-])[O-])O1. The predicted molar refractivity (Wildman–Crippen MR) is 76.5 cm³/mol. The second-order valence-corrected chi connectivity index (χ2v) is 7.99. The van der Waals surface area contributed by atoms with E-state index < -0.39 is 40.7 Å². The smallest absolute Gasteiger partial charge is 0.271 e. The van der Waals surface area contributed by atoms with Crippen molar-refractivity contribution < 1.29 is 42.5 Å². The van der Waals surface area contributed by atoms with Crippen molar-refractivity contribution in [2.24, 2.45) is 0 Å². The molecule has 1 aliphatic heterocycles. The van der Waals surface area contributed by atoms with Gasteiger partial charge in [-0.3, -0.25) is 13.4 Å². The van der Waals surface area contributed by atoms with E-state index in [1.807, 2.05) is 0 Å². The van der Waals surface area contributed by atoms with Crippen LogP contribution in [0.2, 0.25) is 0 Å². The fourth-order valence-electron chi connectivity index (χ4n) is 2.43. The number of fused-ring (bicyclic) bond motifs is 1. The molecule has 1 aliphatic rings. The third kappa shape index (κ3) is 4.26. The molecule has 0 amide bonds. The largest absolute Gasteiger partial charge is 0.790 e. The van der Waals surface area contributed by atoms with E-state index >= 15 is 0 Å². The Labute approximate surface area is 145 Å². The summed E-state index contributed by atoms with van der Waals surface area (Å²) < 4.78 is 36.2. The van der Waals surface area contributed by atoms with Crippen molar-refractivity contribution in [2.75, 3.05) is 12.3 Å². The van der Waals surface area contributed by atoms with E-state index in [-0.39, 0.29) is 12.2 Å². The summed E-state index contributed by atoms with van der Waals surface area (Å²) in [5.41, 5.74) is 6.34. The lowest BCUT2D eigenvalue weighted by molar-refractivity contribution is -0.339. The van der Waals surface area contributed by atoms with Gasteiger partial charge in [0.25, 0.3) is 7.82 Å². The van der Waals surface area contributed by atoms with Crippen molar-refractivity contribution in [3.63, 3.8) is 0 Å². The summed E-state index contributed by atoms with van der Waals surface area (Å²) in [6.45, 7) is -0.762. The van der Waals surface area contributed by atoms with Crippen LogP contribution < -0.4 is 20.4 Å². The minimum absolute atomic E-state index is 0.0367. The minimum atomic E-state index is -5.79. The molecule has 0 aliphatic carbocycles. The molecule has 1 unspecified atom stereocenters. The van der Waals surface area contributed by atoms with Crippen molar-refractivity contribution in [1.82, 2.24) is 19.5 Å². The number of aliphatic hydroxyl groups is 1. The third-order valence-electron chi connectivity index (χ3n) is 3.50. The Kier molecular flexibility index (Phi) is 5.14. The summed E-state index contributed by atoms with van der Waals surface area (Å²) >= 11 is 0. The first-order valence-corrected chi connectivity index (χ1v) is 9.93. The molecule has 0 aromatic carbocycles. The van der Waals surface area contributed by atoms with Gasteiger partial charge >= 0.3 is 0 Å². The van der Waals surface area contributed by atoms with Crippen molar-refractivity contribution in [3.8, 4) is 0 Å². The average Bonchev–Trinajstić information content (AvgIpc) is 3.07. The second-order valence-electron chi connectivity index (χ2n) is 5.29. The number of aromatic nitrogens is 4. The van der Waals surface area contributed by atoms with E-state index in [2.05, 4.69) is 23.8 Å². The molecule has 26 heavy (non-hydrogen) atoms. The minimum Gasteiger partial charge on any atom is -0.790 e. The highest BCUT2D eigenvalue weighted by Crippen LogP contribution is 2.50. The highest BCUT2D eigenvalue weighted by Gasteiger charge is 2.36. The summed E-state index contributed by atoms with van der Waals surface area (Å²) in [6, 6.07) is 0. The quantitative estimate of drug-likeness (QED) is 0.468. The predicted octanol–water partition coefficient (Wildman–Crippen LogP) is -2.61. The molecule has 4 atom stereocenters. The summed E-state index contributed by atoms with van der Waals surface area (Å²) in [4.78, 5) is 43.8. The van der Waals surface area contributed by atoms with Crippen LogP contribution in [-0.2, 0) is 22.7 Å². The Morgan fingerprint density at radius 3 is 2.77 bits per heavy atom. The zero-order valence-corrected chi connectivity index (χ0v) is 14.6. The van der Waals surface area contributed by atoms with E-state index in [0.29, 0.717) is 11.2 Å². The van der Waals surface area contributed by atoms with Gasteiger partial charge in [0.05, 0.1) is 26.9 Å². The first-order valence-electron chi connectivity index (χ1n) is 7.01. The molecule has 0 spiro atoms. The molecule has 14 nitrogen and oxygen atoms in total. The van der Waals surface area contributed by atoms with Crippen molar-refractivity contribution in [2.45, 2.75) is 24.9 Å². The van der Waals surface area contributed by atoms with Crippen LogP contribution in [0.25, 0.3) is 11.2 Å². The normalized spacial score (nSPS) is 26.2. The fraction of sp³-hybridized carbons (Fsp3) is 0.500. The molecule has 2 aromatic rings. The number of anilines is 1. The van der Waals surface area contributed by atoms with E-state index in [1.165, 1.54) is 17.2 Å². The molecule has 3 N–H and O–H groups in total. The molecular weight excluding hydrogens is 396 g/mol. The van der Waals surface area contributed by atoms with E-state index in [0.717, 1.165) is 0 Å². The fourth-order valence-corrected chi connectivity index (χ4v) is 3.93. The van der Waals surface area contributed by atoms with Gasteiger partial charge in [0.15, 0.2) is 11.5 Å². The van der Waals surface area contributed by atoms with Gasteiger partial charge in [-0.05, 0) is 0 Å². The third-order valence-corrected chi connectivity index (χ3v) is 5.56. The zero-order valence-electron chi connectivity index (χ0n) is 12.8. The topological polar surface area (TPSA) is 221 Å². The number of nitrogens with zero attached hydrogens (tertiary/aromatic N) is 4. The van der Waals surface area contributed by atoms with Gasteiger partial charge < -0.3 is 39.3 Å². The Morgan fingerprint density at radius 2 is 2.08 bits per heavy atom. The number of ether oxygens (including phenoxy) is 1. The van der Waals surface area contributed by atoms with Crippen LogP contribution in [0.4, 0.5) is 5.82 Å². The lowest BCUT2D eigenvalue weighted by atomic mass is 10.2. The highest BCUT2D eigenvalue weighted by molar-refractivity contribution is 7.58. The highest BCUT2D eigenvalue weighted by atomic mass is 31.3. The first kappa shape index (κ1) is 19.3. The van der Waals surface area contributed by atoms with Crippen molar-refractivity contribution >= 4 is 32.6 Å². The zero-order chi connectivity index (χ0) is 19.1. The maximum absolute atomic E-state index is 11.3. The van der Waals surface area contributed by atoms with Crippen LogP contribution in [0.5, 0.6) is 0 Å². The number of hydrogen-bond donors (Lipinski definition) is 2. The summed E-state index contributed by atoms with van der Waals surface area (Å²) in [6.07, 6.45) is -0.437. The van der Waals surface area contributed by atoms with Gasteiger partial charge in [-0.1, -0.05) is 0 Å². The summed E-state index contributed by atoms with van der Waals surface area (Å²) in [5.74, 6) is 0.149. The van der Waals surface area contributed by atoms with Crippen molar-refractivity contribution in [1.29, 1.82) is 0 Å². The van der Waals surface area contributed by atoms with Gasteiger partial charge in [-0.25, -0.2) is 15.0 Å². The molecule has 3 heterocycles. The summed E-state index contributed by atoms with van der Waals surface area (Å²) in [5, 5.41) is 10.0. The maximum atomic E-state index is 11.3. The second kappa shape index (κ2) is 6.93. The van der Waals surface area contributed by atoms with Crippen LogP contribution >= 0.6 is 15.6 Å². The number of nitrogens with two attached hydrogens (primary N) is 1.